The minimum atomic E-state index is 0.0524. The average Bonchev–Trinajstić information content (AvgIpc) is 2.87. The summed E-state index contributed by atoms with van der Waals surface area (Å²) >= 11 is 5.73. The highest BCUT2D eigenvalue weighted by Gasteiger charge is 2.26. The van der Waals surface area contributed by atoms with Crippen LogP contribution in [0.2, 0.25) is 0 Å². The number of benzene rings is 1. The molecule has 1 aromatic rings. The maximum atomic E-state index is 12.2. The third kappa shape index (κ3) is 2.83. The zero-order valence-corrected chi connectivity index (χ0v) is 10.9. The molecular weight excluding hydrogens is 248 g/mol. The van der Waals surface area contributed by atoms with Gasteiger partial charge in [0.15, 0.2) is 0 Å². The van der Waals surface area contributed by atoms with Crippen molar-refractivity contribution >= 4 is 17.5 Å². The summed E-state index contributed by atoms with van der Waals surface area (Å²) in [7, 11) is 0. The first kappa shape index (κ1) is 12.9. The lowest BCUT2D eigenvalue weighted by Gasteiger charge is -2.16. The van der Waals surface area contributed by atoms with Crippen molar-refractivity contribution in [1.82, 2.24) is 4.90 Å². The van der Waals surface area contributed by atoms with Gasteiger partial charge in [0.25, 0.3) is 5.91 Å². The normalized spacial score (nSPS) is 18.7. The van der Waals surface area contributed by atoms with Crippen LogP contribution >= 0.6 is 11.6 Å². The summed E-state index contributed by atoms with van der Waals surface area (Å²) in [5.74, 6) is 1.24. The Balaban J connectivity index is 2.01. The third-order valence-corrected chi connectivity index (χ3v) is 3.57. The Morgan fingerprint density at radius 3 is 2.78 bits per heavy atom. The van der Waals surface area contributed by atoms with Crippen LogP contribution in [0.15, 0.2) is 24.3 Å². The number of carbonyl (C=O) groups is 1. The van der Waals surface area contributed by atoms with Crippen LogP contribution < -0.4 is 0 Å². The van der Waals surface area contributed by atoms with Gasteiger partial charge in [-0.25, -0.2) is 0 Å². The topological polar surface area (TPSA) is 44.1 Å². The number of alkyl halides is 1. The number of hydrogen-bond donors (Lipinski definition) is 0. The second-order valence-electron chi connectivity index (χ2n) is 4.57. The number of likely N-dealkylation sites (tertiary alicyclic amines) is 1. The van der Waals surface area contributed by atoms with Gasteiger partial charge in [-0.1, -0.05) is 0 Å². The van der Waals surface area contributed by atoms with Gasteiger partial charge in [0.1, 0.15) is 0 Å². The summed E-state index contributed by atoms with van der Waals surface area (Å²) in [4.78, 5) is 14.1. The Hall–Kier alpha value is -1.53. The molecule has 94 valence electrons. The summed E-state index contributed by atoms with van der Waals surface area (Å²) < 4.78 is 0. The molecule has 4 heteroatoms. The van der Waals surface area contributed by atoms with Gasteiger partial charge >= 0.3 is 0 Å². The largest absolute Gasteiger partial charge is 0.338 e. The van der Waals surface area contributed by atoms with Crippen molar-refractivity contribution in [1.29, 1.82) is 5.26 Å². The highest BCUT2D eigenvalue weighted by molar-refractivity contribution is 6.17. The van der Waals surface area contributed by atoms with Gasteiger partial charge in [-0.3, -0.25) is 4.79 Å². The van der Waals surface area contributed by atoms with Gasteiger partial charge in [-0.2, -0.15) is 5.26 Å². The van der Waals surface area contributed by atoms with Crippen molar-refractivity contribution in [2.24, 2.45) is 5.92 Å². The number of nitriles is 1. The lowest BCUT2D eigenvalue weighted by Crippen LogP contribution is -2.28. The molecule has 0 N–H and O–H groups in total. The minimum Gasteiger partial charge on any atom is -0.338 e. The molecule has 3 nitrogen and oxygen atoms in total. The molecule has 2 rings (SSSR count). The van der Waals surface area contributed by atoms with Crippen LogP contribution in [0.3, 0.4) is 0 Å². The molecule has 0 bridgehead atoms. The highest BCUT2D eigenvalue weighted by atomic mass is 35.5. The molecule has 1 heterocycles. The highest BCUT2D eigenvalue weighted by Crippen LogP contribution is 2.21. The fourth-order valence-electron chi connectivity index (χ4n) is 2.28. The molecule has 1 amide bonds. The maximum absolute atomic E-state index is 12.2. The van der Waals surface area contributed by atoms with E-state index in [1.54, 1.807) is 24.3 Å². The number of nitrogens with zero attached hydrogens (tertiary/aromatic N) is 2. The number of rotatable bonds is 3. The minimum absolute atomic E-state index is 0.0524. The second-order valence-corrected chi connectivity index (χ2v) is 4.95. The van der Waals surface area contributed by atoms with Crippen molar-refractivity contribution < 1.29 is 4.79 Å². The van der Waals surface area contributed by atoms with Gasteiger partial charge in [0.2, 0.25) is 0 Å². The molecule has 1 unspecified atom stereocenters. The molecule has 1 atom stereocenters. The van der Waals surface area contributed by atoms with Crippen molar-refractivity contribution in [3.05, 3.63) is 35.4 Å². The molecule has 1 aromatic carbocycles. The second kappa shape index (κ2) is 5.88. The number of amides is 1. The standard InChI is InChI=1S/C14H15ClN2O/c15-7-5-12-6-8-17(10-12)14(18)13-3-1-11(9-16)2-4-13/h1-4,12H,5-8,10H2. The zero-order valence-electron chi connectivity index (χ0n) is 10.1. The molecule has 1 fully saturated rings. The first-order valence-electron chi connectivity index (χ1n) is 6.10. The Kier molecular flexibility index (Phi) is 4.22. The Labute approximate surface area is 112 Å². The molecule has 18 heavy (non-hydrogen) atoms. The van der Waals surface area contributed by atoms with E-state index in [4.69, 9.17) is 16.9 Å². The van der Waals surface area contributed by atoms with E-state index in [-0.39, 0.29) is 5.91 Å². The van der Waals surface area contributed by atoms with Gasteiger partial charge in [0.05, 0.1) is 11.6 Å². The summed E-state index contributed by atoms with van der Waals surface area (Å²) in [6.45, 7) is 1.60. The lowest BCUT2D eigenvalue weighted by atomic mass is 10.1. The Morgan fingerprint density at radius 1 is 1.44 bits per heavy atom. The average molecular weight is 263 g/mol. The molecule has 0 spiro atoms. The fourth-order valence-corrected chi connectivity index (χ4v) is 2.59. The molecule has 1 aliphatic rings. The van der Waals surface area contributed by atoms with E-state index in [1.807, 2.05) is 11.0 Å². The Bertz CT molecular complexity index is 464. The summed E-state index contributed by atoms with van der Waals surface area (Å²) in [5.41, 5.74) is 1.23. The molecule has 1 saturated heterocycles. The van der Waals surface area contributed by atoms with E-state index >= 15 is 0 Å². The first-order valence-corrected chi connectivity index (χ1v) is 6.63. The molecule has 0 aromatic heterocycles. The molecule has 1 aliphatic heterocycles. The van der Waals surface area contributed by atoms with Crippen molar-refractivity contribution in [2.45, 2.75) is 12.8 Å². The number of halogens is 1. The van der Waals surface area contributed by atoms with Crippen LogP contribution in [0.5, 0.6) is 0 Å². The van der Waals surface area contributed by atoms with E-state index in [0.29, 0.717) is 22.9 Å². The van der Waals surface area contributed by atoms with Gasteiger partial charge < -0.3 is 4.90 Å². The van der Waals surface area contributed by atoms with E-state index in [9.17, 15) is 4.79 Å². The van der Waals surface area contributed by atoms with Crippen LogP contribution in [0.1, 0.15) is 28.8 Å². The van der Waals surface area contributed by atoms with Crippen molar-refractivity contribution in [2.75, 3.05) is 19.0 Å². The predicted molar refractivity (Wildman–Crippen MR) is 70.5 cm³/mol. The van der Waals surface area contributed by atoms with Gasteiger partial charge in [-0.05, 0) is 43.0 Å². The summed E-state index contributed by atoms with van der Waals surface area (Å²) in [6, 6.07) is 8.84. The predicted octanol–water partition coefficient (Wildman–Crippen LogP) is 2.65. The quantitative estimate of drug-likeness (QED) is 0.786. The lowest BCUT2D eigenvalue weighted by molar-refractivity contribution is 0.0787. The van der Waals surface area contributed by atoms with Crippen LogP contribution in [0.25, 0.3) is 0 Å². The number of carbonyl (C=O) groups excluding carboxylic acids is 1. The van der Waals surface area contributed by atoms with Crippen molar-refractivity contribution in [3.63, 3.8) is 0 Å². The molecule has 0 saturated carbocycles. The summed E-state index contributed by atoms with van der Waals surface area (Å²) in [5, 5.41) is 8.71. The zero-order chi connectivity index (χ0) is 13.0. The van der Waals surface area contributed by atoms with Crippen LogP contribution in [-0.4, -0.2) is 29.8 Å². The SMILES string of the molecule is N#Cc1ccc(C(=O)N2CCC(CCCl)C2)cc1. The van der Waals surface area contributed by atoms with Crippen LogP contribution in [0.4, 0.5) is 0 Å². The fraction of sp³-hybridized carbons (Fsp3) is 0.429. The van der Waals surface area contributed by atoms with Crippen LogP contribution in [0, 0.1) is 17.2 Å². The van der Waals surface area contributed by atoms with E-state index < -0.39 is 0 Å². The maximum Gasteiger partial charge on any atom is 0.253 e. The molecule has 0 aliphatic carbocycles. The summed E-state index contributed by atoms with van der Waals surface area (Å²) in [6.07, 6.45) is 2.01. The molecular formula is C14H15ClN2O. The van der Waals surface area contributed by atoms with Crippen molar-refractivity contribution in [3.8, 4) is 6.07 Å². The monoisotopic (exact) mass is 262 g/mol. The smallest absolute Gasteiger partial charge is 0.253 e. The van der Waals surface area contributed by atoms with E-state index in [1.165, 1.54) is 0 Å². The van der Waals surface area contributed by atoms with Gasteiger partial charge in [-0.15, -0.1) is 11.6 Å². The number of hydrogen-bond acceptors (Lipinski definition) is 2. The van der Waals surface area contributed by atoms with E-state index in [2.05, 4.69) is 0 Å². The first-order chi connectivity index (χ1) is 8.74. The van der Waals surface area contributed by atoms with E-state index in [0.717, 1.165) is 25.9 Å². The van der Waals surface area contributed by atoms with Crippen LogP contribution in [-0.2, 0) is 0 Å². The Morgan fingerprint density at radius 2 is 2.17 bits per heavy atom. The molecule has 0 radical (unpaired) electrons. The van der Waals surface area contributed by atoms with Gasteiger partial charge in [0, 0.05) is 24.5 Å². The third-order valence-electron chi connectivity index (χ3n) is 3.35.